The van der Waals surface area contributed by atoms with Gasteiger partial charge < -0.3 is 9.80 Å². The number of hydrogen-bond acceptors (Lipinski definition) is 6. The Morgan fingerprint density at radius 1 is 1.11 bits per heavy atom. The first kappa shape index (κ1) is 19.0. The first-order valence-corrected chi connectivity index (χ1v) is 10.3. The van der Waals surface area contributed by atoms with E-state index >= 15 is 0 Å². The molecule has 150 valence electrons. The van der Waals surface area contributed by atoms with Crippen molar-refractivity contribution in [1.82, 2.24) is 35.0 Å². The molecule has 0 aromatic carbocycles. The Balaban J connectivity index is 1.30. The number of carbonyl (C=O) groups excluding carboxylic acids is 1. The number of piperidine rings is 2. The highest BCUT2D eigenvalue weighted by atomic mass is 16.2. The van der Waals surface area contributed by atoms with Crippen LogP contribution in [-0.4, -0.2) is 73.6 Å². The molecule has 1 spiro atoms. The van der Waals surface area contributed by atoms with Gasteiger partial charge >= 0.3 is 0 Å². The Morgan fingerprint density at radius 2 is 2.07 bits per heavy atom. The highest BCUT2D eigenvalue weighted by Gasteiger charge is 2.41. The van der Waals surface area contributed by atoms with Crippen molar-refractivity contribution < 1.29 is 4.79 Å². The van der Waals surface area contributed by atoms with Gasteiger partial charge in [0.15, 0.2) is 0 Å². The lowest BCUT2D eigenvalue weighted by atomic mass is 9.73. The van der Waals surface area contributed by atoms with Gasteiger partial charge in [0.05, 0.1) is 0 Å². The predicted octanol–water partition coefficient (Wildman–Crippen LogP) is 1.41. The van der Waals surface area contributed by atoms with E-state index in [9.17, 15) is 4.79 Å². The van der Waals surface area contributed by atoms with Crippen molar-refractivity contribution in [2.24, 2.45) is 5.41 Å². The molecular formula is C20H29N7O. The number of amides is 1. The highest BCUT2D eigenvalue weighted by Crippen LogP contribution is 2.38. The van der Waals surface area contributed by atoms with Crippen LogP contribution < -0.4 is 0 Å². The predicted molar refractivity (Wildman–Crippen MR) is 104 cm³/mol. The average molecular weight is 384 g/mol. The van der Waals surface area contributed by atoms with E-state index in [1.807, 2.05) is 24.4 Å². The second kappa shape index (κ2) is 8.77. The van der Waals surface area contributed by atoms with Crippen LogP contribution >= 0.6 is 0 Å². The number of aryl methyl sites for hydroxylation is 1. The first-order valence-electron chi connectivity index (χ1n) is 10.3. The minimum absolute atomic E-state index is 0.255. The van der Waals surface area contributed by atoms with Gasteiger partial charge in [-0.15, -0.1) is 5.10 Å². The van der Waals surface area contributed by atoms with Gasteiger partial charge in [-0.2, -0.15) is 0 Å². The lowest BCUT2D eigenvalue weighted by Gasteiger charge is -2.48. The Labute approximate surface area is 165 Å². The molecule has 4 rings (SSSR count). The van der Waals surface area contributed by atoms with E-state index in [-0.39, 0.29) is 5.41 Å². The van der Waals surface area contributed by atoms with E-state index < -0.39 is 0 Å². The number of aromatic nitrogens is 5. The van der Waals surface area contributed by atoms with Gasteiger partial charge in [0, 0.05) is 56.3 Å². The molecule has 2 aromatic rings. The van der Waals surface area contributed by atoms with E-state index in [4.69, 9.17) is 0 Å². The van der Waals surface area contributed by atoms with Crippen molar-refractivity contribution in [3.05, 3.63) is 36.4 Å². The van der Waals surface area contributed by atoms with Crippen LogP contribution in [0.4, 0.5) is 0 Å². The maximum Gasteiger partial charge on any atom is 0.222 e. The summed E-state index contributed by atoms with van der Waals surface area (Å²) in [6.45, 7) is 5.82. The fourth-order valence-electron chi connectivity index (χ4n) is 4.67. The van der Waals surface area contributed by atoms with Gasteiger partial charge in [0.25, 0.3) is 0 Å². The normalized spacial score (nSPS) is 23.4. The Bertz CT molecular complexity index is 751. The molecule has 0 radical (unpaired) electrons. The summed E-state index contributed by atoms with van der Waals surface area (Å²) in [5, 5.41) is 11.3. The summed E-state index contributed by atoms with van der Waals surface area (Å²) in [6.07, 6.45) is 9.52. The number of hydrogen-bond donors (Lipinski definition) is 0. The molecule has 1 unspecified atom stereocenters. The third-order valence-electron chi connectivity index (χ3n) is 6.11. The molecule has 0 N–H and O–H groups in total. The topological polar surface area (TPSA) is 80.0 Å². The molecule has 4 heterocycles. The molecule has 0 aliphatic carbocycles. The zero-order valence-electron chi connectivity index (χ0n) is 16.4. The molecule has 2 aliphatic rings. The maximum absolute atomic E-state index is 12.5. The summed E-state index contributed by atoms with van der Waals surface area (Å²) in [7, 11) is 0. The van der Waals surface area contributed by atoms with Gasteiger partial charge in [0.1, 0.15) is 6.33 Å². The molecular weight excluding hydrogens is 354 g/mol. The largest absolute Gasteiger partial charge is 0.342 e. The zero-order chi connectivity index (χ0) is 19.2. The van der Waals surface area contributed by atoms with E-state index in [2.05, 4.69) is 30.3 Å². The van der Waals surface area contributed by atoms with Crippen LogP contribution in [0.3, 0.4) is 0 Å². The van der Waals surface area contributed by atoms with Crippen molar-refractivity contribution in [3.63, 3.8) is 0 Å². The number of rotatable bonds is 7. The Kier molecular flexibility index (Phi) is 5.95. The molecule has 2 aromatic heterocycles. The lowest BCUT2D eigenvalue weighted by molar-refractivity contribution is -0.139. The molecule has 2 aliphatic heterocycles. The van der Waals surface area contributed by atoms with Crippen LogP contribution in [-0.2, 0) is 17.8 Å². The Hall–Kier alpha value is -2.35. The van der Waals surface area contributed by atoms with Crippen LogP contribution in [0.25, 0.3) is 0 Å². The van der Waals surface area contributed by atoms with Crippen molar-refractivity contribution in [1.29, 1.82) is 0 Å². The summed E-state index contributed by atoms with van der Waals surface area (Å²) < 4.78 is 1.79. The second-order valence-electron chi connectivity index (χ2n) is 8.19. The number of pyridine rings is 1. The van der Waals surface area contributed by atoms with Crippen molar-refractivity contribution in [2.45, 2.75) is 45.1 Å². The molecule has 1 amide bonds. The van der Waals surface area contributed by atoms with Crippen molar-refractivity contribution >= 4 is 5.91 Å². The van der Waals surface area contributed by atoms with Crippen molar-refractivity contribution in [2.75, 3.05) is 32.7 Å². The highest BCUT2D eigenvalue weighted by molar-refractivity contribution is 5.77. The molecule has 0 saturated carbocycles. The van der Waals surface area contributed by atoms with Gasteiger partial charge in [-0.25, -0.2) is 4.68 Å². The fourth-order valence-corrected chi connectivity index (χ4v) is 4.67. The second-order valence-corrected chi connectivity index (χ2v) is 8.19. The monoisotopic (exact) mass is 383 g/mol. The number of nitrogens with zero attached hydrogens (tertiary/aromatic N) is 7. The first-order chi connectivity index (χ1) is 13.7. The van der Waals surface area contributed by atoms with E-state index in [1.165, 1.54) is 12.8 Å². The standard InChI is InChI=1S/C20H29N7O/c28-19-6-9-20(16-26(19)14-7-18-5-1-2-10-21-18)8-3-11-25(15-20)12-4-13-27-17-22-23-24-27/h1-2,5,10,17H,3-4,6-9,11-16H2. The quantitative estimate of drug-likeness (QED) is 0.719. The van der Waals surface area contributed by atoms with Crippen LogP contribution in [0.5, 0.6) is 0 Å². The summed E-state index contributed by atoms with van der Waals surface area (Å²) in [5.74, 6) is 0.303. The third kappa shape index (κ3) is 4.73. The van der Waals surface area contributed by atoms with E-state index in [0.717, 1.165) is 64.2 Å². The van der Waals surface area contributed by atoms with E-state index in [0.29, 0.717) is 12.3 Å². The van der Waals surface area contributed by atoms with Crippen molar-refractivity contribution in [3.8, 4) is 0 Å². The van der Waals surface area contributed by atoms with Crippen LogP contribution in [0.15, 0.2) is 30.7 Å². The zero-order valence-corrected chi connectivity index (χ0v) is 16.4. The smallest absolute Gasteiger partial charge is 0.222 e. The average Bonchev–Trinajstić information content (AvgIpc) is 3.24. The van der Waals surface area contributed by atoms with Crippen LogP contribution in [0.2, 0.25) is 0 Å². The summed E-state index contributed by atoms with van der Waals surface area (Å²) in [4.78, 5) is 21.5. The molecule has 28 heavy (non-hydrogen) atoms. The number of tetrazole rings is 1. The van der Waals surface area contributed by atoms with Gasteiger partial charge in [0.2, 0.25) is 5.91 Å². The minimum Gasteiger partial charge on any atom is -0.342 e. The SMILES string of the molecule is O=C1CCC2(CCCN(CCCn3cnnn3)C2)CN1CCc1ccccn1. The molecule has 0 bridgehead atoms. The minimum atomic E-state index is 0.255. The molecule has 8 heteroatoms. The molecule has 2 saturated heterocycles. The number of carbonyl (C=O) groups is 1. The van der Waals surface area contributed by atoms with Crippen LogP contribution in [0, 0.1) is 5.41 Å². The molecule has 8 nitrogen and oxygen atoms in total. The number of likely N-dealkylation sites (tertiary alicyclic amines) is 2. The fraction of sp³-hybridized carbons (Fsp3) is 0.650. The van der Waals surface area contributed by atoms with Crippen LogP contribution in [0.1, 0.15) is 37.8 Å². The summed E-state index contributed by atoms with van der Waals surface area (Å²) in [6, 6.07) is 5.98. The lowest BCUT2D eigenvalue weighted by Crippen LogP contribution is -2.54. The molecule has 1 atom stereocenters. The summed E-state index contributed by atoms with van der Waals surface area (Å²) >= 11 is 0. The van der Waals surface area contributed by atoms with Gasteiger partial charge in [-0.3, -0.25) is 9.78 Å². The van der Waals surface area contributed by atoms with Gasteiger partial charge in [-0.05, 0) is 61.3 Å². The Morgan fingerprint density at radius 3 is 2.89 bits per heavy atom. The third-order valence-corrected chi connectivity index (χ3v) is 6.11. The maximum atomic E-state index is 12.5. The molecule has 2 fully saturated rings. The summed E-state index contributed by atoms with van der Waals surface area (Å²) in [5.41, 5.74) is 1.31. The van der Waals surface area contributed by atoms with Gasteiger partial charge in [-0.1, -0.05) is 6.07 Å². The van der Waals surface area contributed by atoms with E-state index in [1.54, 1.807) is 11.0 Å².